The highest BCUT2D eigenvalue weighted by molar-refractivity contribution is 5.80. The van der Waals surface area contributed by atoms with Crippen molar-refractivity contribution < 1.29 is 14.3 Å². The Kier molecular flexibility index (Phi) is 4.97. The van der Waals surface area contributed by atoms with Crippen molar-refractivity contribution in [3.8, 4) is 11.5 Å². The van der Waals surface area contributed by atoms with Crippen LogP contribution >= 0.6 is 0 Å². The van der Waals surface area contributed by atoms with Gasteiger partial charge in [0.25, 0.3) is 0 Å². The van der Waals surface area contributed by atoms with E-state index >= 15 is 0 Å². The summed E-state index contributed by atoms with van der Waals surface area (Å²) < 4.78 is 10.4. The summed E-state index contributed by atoms with van der Waals surface area (Å²) in [5, 5.41) is 0. The highest BCUT2D eigenvalue weighted by atomic mass is 16.5. The molecule has 0 radical (unpaired) electrons. The number of nitrogens with two attached hydrogens (primary N) is 1. The first-order valence-electron chi connectivity index (χ1n) is 5.71. The summed E-state index contributed by atoms with van der Waals surface area (Å²) in [7, 11) is 4.89. The van der Waals surface area contributed by atoms with Gasteiger partial charge in [-0.15, -0.1) is 0 Å². The minimum atomic E-state index is -0.491. The molecule has 1 rings (SSSR count). The lowest BCUT2D eigenvalue weighted by molar-refractivity contribution is -0.131. The molecule has 0 aromatic heterocycles. The van der Waals surface area contributed by atoms with Gasteiger partial charge in [0.05, 0.1) is 20.3 Å². The minimum absolute atomic E-state index is 0.0928. The molecule has 0 fully saturated rings. The fourth-order valence-electron chi connectivity index (χ4n) is 1.68. The summed E-state index contributed by atoms with van der Waals surface area (Å²) in [6, 6.07) is 5.07. The fraction of sp³-hybridized carbons (Fsp3) is 0.462. The number of ether oxygens (including phenoxy) is 2. The van der Waals surface area contributed by atoms with Gasteiger partial charge in [0.15, 0.2) is 11.5 Å². The summed E-state index contributed by atoms with van der Waals surface area (Å²) in [6.07, 6.45) is 0. The van der Waals surface area contributed by atoms with Crippen LogP contribution < -0.4 is 15.2 Å². The molecule has 18 heavy (non-hydrogen) atoms. The Morgan fingerprint density at radius 3 is 2.44 bits per heavy atom. The molecule has 1 aromatic rings. The number of hydrogen-bond acceptors (Lipinski definition) is 4. The Hall–Kier alpha value is -1.75. The second-order valence-electron chi connectivity index (χ2n) is 4.17. The predicted molar refractivity (Wildman–Crippen MR) is 69.7 cm³/mol. The molecule has 5 nitrogen and oxygen atoms in total. The Labute approximate surface area is 107 Å². The molecule has 5 heteroatoms. The molecule has 0 spiro atoms. The molecule has 0 aliphatic heterocycles. The third kappa shape index (κ3) is 3.37. The van der Waals surface area contributed by atoms with Crippen molar-refractivity contribution in [2.45, 2.75) is 19.5 Å². The second-order valence-corrected chi connectivity index (χ2v) is 4.17. The first kappa shape index (κ1) is 14.3. The van der Waals surface area contributed by atoms with Gasteiger partial charge in [0, 0.05) is 13.6 Å². The number of rotatable bonds is 5. The van der Waals surface area contributed by atoms with Gasteiger partial charge in [-0.1, -0.05) is 6.07 Å². The number of likely N-dealkylation sites (N-methyl/N-ethyl adjacent to an activating group) is 1. The number of hydrogen-bond donors (Lipinski definition) is 1. The lowest BCUT2D eigenvalue weighted by Gasteiger charge is -2.20. The van der Waals surface area contributed by atoms with Crippen LogP contribution in [0.3, 0.4) is 0 Å². The molecule has 0 unspecified atom stereocenters. The highest BCUT2D eigenvalue weighted by Gasteiger charge is 2.14. The highest BCUT2D eigenvalue weighted by Crippen LogP contribution is 2.27. The summed E-state index contributed by atoms with van der Waals surface area (Å²) in [4.78, 5) is 13.3. The van der Waals surface area contributed by atoms with E-state index < -0.39 is 6.04 Å². The maximum Gasteiger partial charge on any atom is 0.239 e. The van der Waals surface area contributed by atoms with Crippen molar-refractivity contribution in [2.24, 2.45) is 5.73 Å². The zero-order chi connectivity index (χ0) is 13.7. The lowest BCUT2D eigenvalue weighted by Crippen LogP contribution is -2.39. The average Bonchev–Trinajstić information content (AvgIpc) is 2.37. The normalized spacial score (nSPS) is 11.8. The molecule has 0 aliphatic carbocycles. The number of amides is 1. The number of methoxy groups -OCH3 is 2. The van der Waals surface area contributed by atoms with E-state index in [1.807, 2.05) is 18.2 Å². The summed E-state index contributed by atoms with van der Waals surface area (Å²) in [5.74, 6) is 1.23. The molecule has 1 amide bonds. The van der Waals surface area contributed by atoms with Gasteiger partial charge >= 0.3 is 0 Å². The number of carbonyl (C=O) groups excluding carboxylic acids is 1. The van der Waals surface area contributed by atoms with Gasteiger partial charge in [-0.3, -0.25) is 4.79 Å². The van der Waals surface area contributed by atoms with Crippen LogP contribution in [0.5, 0.6) is 11.5 Å². The van der Waals surface area contributed by atoms with E-state index in [9.17, 15) is 4.79 Å². The Morgan fingerprint density at radius 2 is 1.94 bits per heavy atom. The summed E-state index contributed by atoms with van der Waals surface area (Å²) >= 11 is 0. The van der Waals surface area contributed by atoms with Crippen molar-refractivity contribution in [1.82, 2.24) is 4.90 Å². The van der Waals surface area contributed by atoms with E-state index in [0.29, 0.717) is 18.0 Å². The molecular weight excluding hydrogens is 232 g/mol. The van der Waals surface area contributed by atoms with Gasteiger partial charge in [0.2, 0.25) is 5.91 Å². The van der Waals surface area contributed by atoms with Crippen molar-refractivity contribution in [1.29, 1.82) is 0 Å². The van der Waals surface area contributed by atoms with E-state index in [0.717, 1.165) is 5.56 Å². The van der Waals surface area contributed by atoms with Gasteiger partial charge in [-0.25, -0.2) is 0 Å². The van der Waals surface area contributed by atoms with E-state index in [-0.39, 0.29) is 5.91 Å². The van der Waals surface area contributed by atoms with Crippen molar-refractivity contribution in [3.05, 3.63) is 23.8 Å². The van der Waals surface area contributed by atoms with Gasteiger partial charge < -0.3 is 20.1 Å². The summed E-state index contributed by atoms with van der Waals surface area (Å²) in [5.41, 5.74) is 6.52. The average molecular weight is 252 g/mol. The Bertz CT molecular complexity index is 419. The maximum atomic E-state index is 11.7. The number of benzene rings is 1. The van der Waals surface area contributed by atoms with Gasteiger partial charge in [-0.2, -0.15) is 0 Å². The monoisotopic (exact) mass is 252 g/mol. The lowest BCUT2D eigenvalue weighted by atomic mass is 10.2. The zero-order valence-electron chi connectivity index (χ0n) is 11.3. The molecule has 0 saturated carbocycles. The topological polar surface area (TPSA) is 64.8 Å². The van der Waals surface area contributed by atoms with Crippen LogP contribution in [0.25, 0.3) is 0 Å². The molecule has 0 heterocycles. The number of carbonyl (C=O) groups is 1. The number of nitrogens with zero attached hydrogens (tertiary/aromatic N) is 1. The van der Waals surface area contributed by atoms with Crippen molar-refractivity contribution in [2.75, 3.05) is 21.3 Å². The molecule has 100 valence electrons. The van der Waals surface area contributed by atoms with Gasteiger partial charge in [0.1, 0.15) is 0 Å². The first-order valence-corrected chi connectivity index (χ1v) is 5.71. The van der Waals surface area contributed by atoms with Crippen LogP contribution in [-0.4, -0.2) is 38.1 Å². The van der Waals surface area contributed by atoms with Crippen LogP contribution in [0.1, 0.15) is 12.5 Å². The smallest absolute Gasteiger partial charge is 0.239 e. The predicted octanol–water partition coefficient (Wildman–Crippen LogP) is 1.01. The fourth-order valence-corrected chi connectivity index (χ4v) is 1.68. The molecular formula is C13H20N2O3. The molecule has 1 aromatic carbocycles. The zero-order valence-corrected chi connectivity index (χ0v) is 11.3. The Morgan fingerprint density at radius 1 is 1.33 bits per heavy atom. The maximum absolute atomic E-state index is 11.7. The van der Waals surface area contributed by atoms with Crippen LogP contribution in [-0.2, 0) is 11.3 Å². The van der Waals surface area contributed by atoms with Crippen molar-refractivity contribution in [3.63, 3.8) is 0 Å². The molecule has 0 aliphatic rings. The third-order valence-electron chi connectivity index (χ3n) is 2.63. The van der Waals surface area contributed by atoms with Crippen LogP contribution in [0, 0.1) is 0 Å². The van der Waals surface area contributed by atoms with Crippen LogP contribution in [0.4, 0.5) is 0 Å². The molecule has 2 N–H and O–H groups in total. The third-order valence-corrected chi connectivity index (χ3v) is 2.63. The summed E-state index contributed by atoms with van der Waals surface area (Å²) in [6.45, 7) is 2.16. The largest absolute Gasteiger partial charge is 0.493 e. The Balaban J connectivity index is 2.82. The quantitative estimate of drug-likeness (QED) is 0.849. The van der Waals surface area contributed by atoms with E-state index in [1.54, 1.807) is 33.1 Å². The molecule has 1 atom stereocenters. The van der Waals surface area contributed by atoms with E-state index in [1.165, 1.54) is 0 Å². The minimum Gasteiger partial charge on any atom is -0.493 e. The first-order chi connectivity index (χ1) is 8.49. The second kappa shape index (κ2) is 6.26. The molecule has 0 bridgehead atoms. The van der Waals surface area contributed by atoms with E-state index in [4.69, 9.17) is 15.2 Å². The van der Waals surface area contributed by atoms with Gasteiger partial charge in [-0.05, 0) is 24.6 Å². The SMILES string of the molecule is COc1ccc(CN(C)C(=O)[C@@H](C)N)cc1OC. The molecule has 0 saturated heterocycles. The van der Waals surface area contributed by atoms with Crippen LogP contribution in [0.2, 0.25) is 0 Å². The van der Waals surface area contributed by atoms with Crippen molar-refractivity contribution >= 4 is 5.91 Å². The van der Waals surface area contributed by atoms with Crippen LogP contribution in [0.15, 0.2) is 18.2 Å². The van der Waals surface area contributed by atoms with E-state index in [2.05, 4.69) is 0 Å². The standard InChI is InChI=1S/C13H20N2O3/c1-9(14)13(16)15(2)8-10-5-6-11(17-3)12(7-10)18-4/h5-7,9H,8,14H2,1-4H3/t9-/m1/s1.